The van der Waals surface area contributed by atoms with Crippen LogP contribution in [0.1, 0.15) is 5.56 Å². The van der Waals surface area contributed by atoms with Gasteiger partial charge < -0.3 is 0 Å². The highest BCUT2D eigenvalue weighted by Crippen LogP contribution is 2.26. The molecule has 0 radical (unpaired) electrons. The molecule has 0 aromatic heterocycles. The molecule has 0 aliphatic rings. The van der Waals surface area contributed by atoms with Gasteiger partial charge in [0.15, 0.2) is 0 Å². The minimum atomic E-state index is 0.818. The summed E-state index contributed by atoms with van der Waals surface area (Å²) in [6.45, 7) is 1.99. The number of hydrogen-bond acceptors (Lipinski definition) is 0. The van der Waals surface area contributed by atoms with Gasteiger partial charge in [-0.15, -0.1) is 0 Å². The second-order valence-corrected chi connectivity index (χ2v) is 4.50. The first kappa shape index (κ1) is 8.81. The Morgan fingerprint density at radius 1 is 1.50 bits per heavy atom. The summed E-state index contributed by atoms with van der Waals surface area (Å²) >= 11 is 11.5. The third-order valence-electron chi connectivity index (χ3n) is 1.25. The van der Waals surface area contributed by atoms with Crippen LogP contribution in [0, 0.1) is 10.5 Å². The average Bonchev–Trinajstić information content (AvgIpc) is 1.82. The molecule has 54 valence electrons. The van der Waals surface area contributed by atoms with Gasteiger partial charge in [-0.3, -0.25) is 0 Å². The number of rotatable bonds is 0. The van der Waals surface area contributed by atoms with Crippen molar-refractivity contribution in [2.45, 2.75) is 6.92 Å². The van der Waals surface area contributed by atoms with Crippen molar-refractivity contribution in [3.63, 3.8) is 0 Å². The summed E-state index contributed by atoms with van der Waals surface area (Å²) < 4.78 is 2.23. The third kappa shape index (κ3) is 1.86. The molecule has 0 atom stereocenters. The Bertz CT molecular complexity index is 237. The summed E-state index contributed by atoms with van der Waals surface area (Å²) in [5, 5.41) is 0.818. The average molecular weight is 331 g/mol. The van der Waals surface area contributed by atoms with Gasteiger partial charge in [-0.05, 0) is 47.2 Å². The molecule has 0 aliphatic heterocycles. The maximum atomic E-state index is 5.88. The molecule has 0 N–H and O–H groups in total. The van der Waals surface area contributed by atoms with E-state index in [0.29, 0.717) is 0 Å². The van der Waals surface area contributed by atoms with Gasteiger partial charge in [0, 0.05) is 13.1 Å². The van der Waals surface area contributed by atoms with Crippen molar-refractivity contribution in [1.29, 1.82) is 0 Å². The first-order valence-electron chi connectivity index (χ1n) is 2.72. The van der Waals surface area contributed by atoms with Crippen LogP contribution in [0.3, 0.4) is 0 Å². The molecule has 0 saturated carbocycles. The standard InChI is InChI=1S/C7H5BrClI/c1-4-6(8)2-5(10)3-7(4)9/h2-3H,1H3. The molecular formula is C7H5BrClI. The lowest BCUT2D eigenvalue weighted by molar-refractivity contribution is 1.41. The summed E-state index contributed by atoms with van der Waals surface area (Å²) in [4.78, 5) is 0. The molecule has 10 heavy (non-hydrogen) atoms. The fourth-order valence-corrected chi connectivity index (χ4v) is 2.64. The van der Waals surface area contributed by atoms with Crippen LogP contribution in [0.25, 0.3) is 0 Å². The van der Waals surface area contributed by atoms with Crippen LogP contribution in [-0.4, -0.2) is 0 Å². The fraction of sp³-hybridized carbons (Fsp3) is 0.143. The number of hydrogen-bond donors (Lipinski definition) is 0. The van der Waals surface area contributed by atoms with Crippen molar-refractivity contribution in [3.05, 3.63) is 30.8 Å². The highest BCUT2D eigenvalue weighted by atomic mass is 127. The molecule has 0 heterocycles. The molecule has 0 unspecified atom stereocenters. The maximum Gasteiger partial charge on any atom is 0.0456 e. The molecule has 0 amide bonds. The van der Waals surface area contributed by atoms with Crippen LogP contribution in [-0.2, 0) is 0 Å². The van der Waals surface area contributed by atoms with E-state index in [1.54, 1.807) is 0 Å². The van der Waals surface area contributed by atoms with E-state index in [1.165, 1.54) is 0 Å². The minimum Gasteiger partial charge on any atom is -0.0840 e. The Balaban J connectivity index is 3.31. The molecule has 0 aliphatic carbocycles. The maximum absolute atomic E-state index is 5.88. The van der Waals surface area contributed by atoms with Gasteiger partial charge in [-0.25, -0.2) is 0 Å². The van der Waals surface area contributed by atoms with Gasteiger partial charge in [0.2, 0.25) is 0 Å². The lowest BCUT2D eigenvalue weighted by Crippen LogP contribution is -1.79. The summed E-state index contributed by atoms with van der Waals surface area (Å²) in [6, 6.07) is 3.99. The van der Waals surface area contributed by atoms with Gasteiger partial charge >= 0.3 is 0 Å². The molecule has 1 rings (SSSR count). The van der Waals surface area contributed by atoms with Crippen LogP contribution in [0.2, 0.25) is 5.02 Å². The van der Waals surface area contributed by atoms with Crippen LogP contribution < -0.4 is 0 Å². The molecule has 0 nitrogen and oxygen atoms in total. The van der Waals surface area contributed by atoms with Crippen molar-refractivity contribution in [2.75, 3.05) is 0 Å². The summed E-state index contributed by atoms with van der Waals surface area (Å²) in [5.41, 5.74) is 1.10. The van der Waals surface area contributed by atoms with Gasteiger partial charge in [-0.2, -0.15) is 0 Å². The monoisotopic (exact) mass is 330 g/mol. The Labute approximate surface area is 87.2 Å². The van der Waals surface area contributed by atoms with Crippen LogP contribution in [0.15, 0.2) is 16.6 Å². The quantitative estimate of drug-likeness (QED) is 0.630. The Morgan fingerprint density at radius 2 is 2.10 bits per heavy atom. The highest BCUT2D eigenvalue weighted by Gasteiger charge is 2.00. The van der Waals surface area contributed by atoms with E-state index in [9.17, 15) is 0 Å². The molecular weight excluding hydrogens is 326 g/mol. The van der Waals surface area contributed by atoms with Crippen LogP contribution >= 0.6 is 50.1 Å². The van der Waals surface area contributed by atoms with Gasteiger partial charge in [0.05, 0.1) is 0 Å². The van der Waals surface area contributed by atoms with Gasteiger partial charge in [0.1, 0.15) is 0 Å². The Kier molecular flexibility index (Phi) is 3.01. The Morgan fingerprint density at radius 3 is 2.60 bits per heavy atom. The van der Waals surface area contributed by atoms with Crippen LogP contribution in [0.4, 0.5) is 0 Å². The van der Waals surface area contributed by atoms with Crippen molar-refractivity contribution in [2.24, 2.45) is 0 Å². The summed E-state index contributed by atoms with van der Waals surface area (Å²) in [5.74, 6) is 0. The van der Waals surface area contributed by atoms with Gasteiger partial charge in [0.25, 0.3) is 0 Å². The minimum absolute atomic E-state index is 0.818. The zero-order valence-electron chi connectivity index (χ0n) is 5.29. The largest absolute Gasteiger partial charge is 0.0840 e. The lowest BCUT2D eigenvalue weighted by Gasteiger charge is -2.00. The topological polar surface area (TPSA) is 0 Å². The van der Waals surface area contributed by atoms with Crippen molar-refractivity contribution < 1.29 is 0 Å². The van der Waals surface area contributed by atoms with Crippen molar-refractivity contribution in [3.8, 4) is 0 Å². The smallest absolute Gasteiger partial charge is 0.0456 e. The number of benzene rings is 1. The lowest BCUT2D eigenvalue weighted by atomic mass is 10.2. The molecule has 0 saturated heterocycles. The molecule has 0 spiro atoms. The first-order valence-corrected chi connectivity index (χ1v) is 4.97. The van der Waals surface area contributed by atoms with E-state index < -0.39 is 0 Å². The van der Waals surface area contributed by atoms with E-state index >= 15 is 0 Å². The first-order chi connectivity index (χ1) is 4.61. The normalized spacial score (nSPS) is 10.0. The predicted octanol–water partition coefficient (Wildman–Crippen LogP) is 4.02. The van der Waals surface area contributed by atoms with Crippen molar-refractivity contribution in [1.82, 2.24) is 0 Å². The zero-order chi connectivity index (χ0) is 7.72. The molecule has 0 fully saturated rings. The number of halogens is 3. The third-order valence-corrected chi connectivity index (χ3v) is 3.08. The summed E-state index contributed by atoms with van der Waals surface area (Å²) in [7, 11) is 0. The summed E-state index contributed by atoms with van der Waals surface area (Å²) in [6.07, 6.45) is 0. The van der Waals surface area contributed by atoms with Crippen LogP contribution in [0.5, 0.6) is 0 Å². The molecule has 1 aromatic rings. The Hall–Kier alpha value is 0.720. The van der Waals surface area contributed by atoms with E-state index in [2.05, 4.69) is 38.5 Å². The van der Waals surface area contributed by atoms with E-state index in [0.717, 1.165) is 18.6 Å². The van der Waals surface area contributed by atoms with E-state index in [4.69, 9.17) is 11.6 Å². The molecule has 0 bridgehead atoms. The fourth-order valence-electron chi connectivity index (χ4n) is 0.614. The van der Waals surface area contributed by atoms with Crippen molar-refractivity contribution >= 4 is 50.1 Å². The predicted molar refractivity (Wildman–Crippen MR) is 56.6 cm³/mol. The van der Waals surface area contributed by atoms with Gasteiger partial charge in [-0.1, -0.05) is 27.5 Å². The second-order valence-electron chi connectivity index (χ2n) is 1.99. The zero-order valence-corrected chi connectivity index (χ0v) is 9.79. The molecule has 1 aromatic carbocycles. The highest BCUT2D eigenvalue weighted by molar-refractivity contribution is 14.1. The second kappa shape index (κ2) is 3.41. The molecule has 3 heteroatoms. The SMILES string of the molecule is Cc1c(Cl)cc(I)cc1Br. The van der Waals surface area contributed by atoms with E-state index in [-0.39, 0.29) is 0 Å². The van der Waals surface area contributed by atoms with E-state index in [1.807, 2.05) is 19.1 Å².